The molecule has 2 N–H and O–H groups in total. The van der Waals surface area contributed by atoms with Crippen LogP contribution in [0, 0.1) is 5.95 Å². The van der Waals surface area contributed by atoms with Gasteiger partial charge in [0.2, 0.25) is 5.95 Å². The lowest BCUT2D eigenvalue weighted by Gasteiger charge is -2.26. The Labute approximate surface area is 100 Å². The molecule has 0 unspecified atom stereocenters. The van der Waals surface area contributed by atoms with Crippen LogP contribution < -0.4 is 5.32 Å². The number of nitrogens with zero attached hydrogens (tertiary/aromatic N) is 2. The molecule has 1 saturated carbocycles. The highest BCUT2D eigenvalue weighted by Crippen LogP contribution is 2.27. The molecule has 0 spiro atoms. The highest BCUT2D eigenvalue weighted by molar-refractivity contribution is 5.32. The Bertz CT molecular complexity index is 365. The predicted molar refractivity (Wildman–Crippen MR) is 63.1 cm³/mol. The maximum absolute atomic E-state index is 12.8. The molecule has 94 valence electrons. The van der Waals surface area contributed by atoms with Crippen molar-refractivity contribution in [2.24, 2.45) is 0 Å². The molecule has 2 rings (SSSR count). The van der Waals surface area contributed by atoms with Gasteiger partial charge >= 0.3 is 0 Å². The first-order valence-electron chi connectivity index (χ1n) is 6.12. The normalized spacial score (nSPS) is 19.6. The Balaban J connectivity index is 1.92. The molecule has 0 bridgehead atoms. The molecule has 1 aliphatic rings. The van der Waals surface area contributed by atoms with E-state index in [9.17, 15) is 9.50 Å². The van der Waals surface area contributed by atoms with E-state index < -0.39 is 11.5 Å². The van der Waals surface area contributed by atoms with E-state index in [1.54, 1.807) is 0 Å². The van der Waals surface area contributed by atoms with Gasteiger partial charge in [-0.05, 0) is 12.8 Å². The van der Waals surface area contributed by atoms with Crippen molar-refractivity contribution >= 4 is 5.82 Å². The minimum atomic E-state index is -0.683. The highest BCUT2D eigenvalue weighted by Gasteiger charge is 2.27. The predicted octanol–water partition coefficient (Wildman–Crippen LogP) is 2.11. The maximum atomic E-state index is 12.8. The van der Waals surface area contributed by atoms with Crippen molar-refractivity contribution in [2.75, 3.05) is 11.9 Å². The Morgan fingerprint density at radius 1 is 1.24 bits per heavy atom. The molecule has 1 aliphatic carbocycles. The number of nitrogens with one attached hydrogen (secondary N) is 1. The second-order valence-electron chi connectivity index (χ2n) is 4.72. The van der Waals surface area contributed by atoms with Gasteiger partial charge in [-0.3, -0.25) is 0 Å². The number of aromatic nitrogens is 2. The van der Waals surface area contributed by atoms with Crippen LogP contribution in [0.3, 0.4) is 0 Å². The lowest BCUT2D eigenvalue weighted by molar-refractivity contribution is 0.0380. The maximum Gasteiger partial charge on any atom is 0.217 e. The highest BCUT2D eigenvalue weighted by atomic mass is 19.1. The smallest absolute Gasteiger partial charge is 0.217 e. The van der Waals surface area contributed by atoms with E-state index in [0.29, 0.717) is 12.4 Å². The third kappa shape index (κ3) is 3.63. The Morgan fingerprint density at radius 3 is 2.59 bits per heavy atom. The standard InChI is InChI=1S/C12H18FN3O/c13-10-7-11(16-9-15-10)14-8-12(17)5-3-1-2-4-6-12/h7,9,17H,1-6,8H2,(H,14,15,16). The van der Waals surface area contributed by atoms with E-state index in [0.717, 1.165) is 25.7 Å². The fourth-order valence-corrected chi connectivity index (χ4v) is 2.25. The van der Waals surface area contributed by atoms with Crippen molar-refractivity contribution in [2.45, 2.75) is 44.1 Å². The summed E-state index contributed by atoms with van der Waals surface area (Å²) in [7, 11) is 0. The van der Waals surface area contributed by atoms with Gasteiger partial charge in [0, 0.05) is 12.6 Å². The third-order valence-electron chi connectivity index (χ3n) is 3.27. The van der Waals surface area contributed by atoms with E-state index in [-0.39, 0.29) is 0 Å². The second-order valence-corrected chi connectivity index (χ2v) is 4.72. The van der Waals surface area contributed by atoms with Gasteiger partial charge in [0.05, 0.1) is 5.60 Å². The fraction of sp³-hybridized carbons (Fsp3) is 0.667. The van der Waals surface area contributed by atoms with E-state index in [1.165, 1.54) is 25.2 Å². The number of hydrogen-bond acceptors (Lipinski definition) is 4. The molecule has 0 aliphatic heterocycles. The average Bonchev–Trinajstić information content (AvgIpc) is 2.53. The van der Waals surface area contributed by atoms with Gasteiger partial charge in [-0.15, -0.1) is 0 Å². The molecule has 5 heteroatoms. The number of aliphatic hydroxyl groups is 1. The monoisotopic (exact) mass is 239 g/mol. The first-order valence-corrected chi connectivity index (χ1v) is 6.12. The molecule has 4 nitrogen and oxygen atoms in total. The zero-order valence-corrected chi connectivity index (χ0v) is 9.82. The van der Waals surface area contributed by atoms with Crippen LogP contribution in [0.2, 0.25) is 0 Å². The third-order valence-corrected chi connectivity index (χ3v) is 3.27. The number of anilines is 1. The van der Waals surface area contributed by atoms with Crippen molar-refractivity contribution in [3.05, 3.63) is 18.3 Å². The number of hydrogen-bond donors (Lipinski definition) is 2. The first-order chi connectivity index (χ1) is 8.18. The minimum Gasteiger partial charge on any atom is -0.388 e. The van der Waals surface area contributed by atoms with Crippen LogP contribution in [0.15, 0.2) is 12.4 Å². The van der Waals surface area contributed by atoms with Crippen LogP contribution in [-0.4, -0.2) is 27.2 Å². The van der Waals surface area contributed by atoms with Crippen molar-refractivity contribution in [3.63, 3.8) is 0 Å². The van der Waals surface area contributed by atoms with E-state index in [4.69, 9.17) is 0 Å². The van der Waals surface area contributed by atoms with Gasteiger partial charge in [0.25, 0.3) is 0 Å². The molecular weight excluding hydrogens is 221 g/mol. The van der Waals surface area contributed by atoms with Crippen LogP contribution in [0.25, 0.3) is 0 Å². The van der Waals surface area contributed by atoms with Crippen LogP contribution in [0.5, 0.6) is 0 Å². The summed E-state index contributed by atoms with van der Waals surface area (Å²) in [5.74, 6) is -0.134. The summed E-state index contributed by atoms with van der Waals surface area (Å²) in [5, 5.41) is 13.4. The molecule has 0 atom stereocenters. The van der Waals surface area contributed by atoms with Crippen molar-refractivity contribution in [1.29, 1.82) is 0 Å². The Morgan fingerprint density at radius 2 is 1.94 bits per heavy atom. The molecule has 1 aromatic rings. The summed E-state index contributed by atoms with van der Waals surface area (Å²) in [6.07, 6.45) is 7.25. The molecular formula is C12H18FN3O. The van der Waals surface area contributed by atoms with Gasteiger partial charge in [0.1, 0.15) is 12.1 Å². The molecule has 1 heterocycles. The van der Waals surface area contributed by atoms with Crippen molar-refractivity contribution in [1.82, 2.24) is 9.97 Å². The van der Waals surface area contributed by atoms with Gasteiger partial charge in [-0.2, -0.15) is 4.39 Å². The molecule has 0 radical (unpaired) electrons. The summed E-state index contributed by atoms with van der Waals surface area (Å²) >= 11 is 0. The van der Waals surface area contributed by atoms with Gasteiger partial charge < -0.3 is 10.4 Å². The van der Waals surface area contributed by atoms with Crippen LogP contribution in [0.4, 0.5) is 10.2 Å². The summed E-state index contributed by atoms with van der Waals surface area (Å²) < 4.78 is 12.8. The largest absolute Gasteiger partial charge is 0.388 e. The zero-order chi connectivity index (χ0) is 12.1. The Hall–Kier alpha value is -1.23. The van der Waals surface area contributed by atoms with E-state index >= 15 is 0 Å². The number of halogens is 1. The van der Waals surface area contributed by atoms with Gasteiger partial charge in [-0.1, -0.05) is 25.7 Å². The molecule has 1 aromatic heterocycles. The number of rotatable bonds is 3. The molecule has 17 heavy (non-hydrogen) atoms. The van der Waals surface area contributed by atoms with Crippen molar-refractivity contribution < 1.29 is 9.50 Å². The summed E-state index contributed by atoms with van der Waals surface area (Å²) in [5.41, 5.74) is -0.683. The molecule has 0 saturated heterocycles. The van der Waals surface area contributed by atoms with Gasteiger partial charge in [0.15, 0.2) is 0 Å². The summed E-state index contributed by atoms with van der Waals surface area (Å²) in [6, 6.07) is 1.24. The summed E-state index contributed by atoms with van der Waals surface area (Å²) in [6.45, 7) is 0.420. The lowest BCUT2D eigenvalue weighted by Crippen LogP contribution is -2.36. The zero-order valence-electron chi connectivity index (χ0n) is 9.82. The summed E-state index contributed by atoms with van der Waals surface area (Å²) in [4.78, 5) is 7.29. The Kier molecular flexibility index (Phi) is 3.89. The van der Waals surface area contributed by atoms with Crippen LogP contribution >= 0.6 is 0 Å². The molecule has 1 fully saturated rings. The SMILES string of the molecule is OC1(CNc2cc(F)ncn2)CCCCCC1. The topological polar surface area (TPSA) is 58.0 Å². The van der Waals surface area contributed by atoms with Crippen LogP contribution in [-0.2, 0) is 0 Å². The first kappa shape index (κ1) is 12.2. The van der Waals surface area contributed by atoms with E-state index in [1.807, 2.05) is 0 Å². The molecule has 0 amide bonds. The van der Waals surface area contributed by atoms with E-state index in [2.05, 4.69) is 15.3 Å². The van der Waals surface area contributed by atoms with Gasteiger partial charge in [-0.25, -0.2) is 9.97 Å². The minimum absolute atomic E-state index is 0.420. The quantitative estimate of drug-likeness (QED) is 0.626. The lowest BCUT2D eigenvalue weighted by atomic mass is 9.94. The average molecular weight is 239 g/mol. The molecule has 0 aromatic carbocycles. The van der Waals surface area contributed by atoms with Crippen molar-refractivity contribution in [3.8, 4) is 0 Å². The van der Waals surface area contributed by atoms with Crippen LogP contribution in [0.1, 0.15) is 38.5 Å². The fourth-order valence-electron chi connectivity index (χ4n) is 2.25. The second kappa shape index (κ2) is 5.40.